The average molecular weight is 471 g/mol. The fourth-order valence-corrected chi connectivity index (χ4v) is 5.32. The lowest BCUT2D eigenvalue weighted by Crippen LogP contribution is -2.53. The standard InChI is InChI=1S/C28H54O5/c1-7-9-11-13-17-23(3)32-27(19-15-21-29-27)25(5)31-26(6)28(20-16-22-30-28)33-24(4)18-14-12-10-8-2/h23-26H,7-22H2,1-6H3. The summed E-state index contributed by atoms with van der Waals surface area (Å²) in [5.41, 5.74) is 0. The monoisotopic (exact) mass is 470 g/mol. The van der Waals surface area contributed by atoms with Crippen LogP contribution in [0.25, 0.3) is 0 Å². The second-order valence-electron chi connectivity index (χ2n) is 10.5. The van der Waals surface area contributed by atoms with Gasteiger partial charge in [-0.05, 0) is 53.4 Å². The molecule has 2 aliphatic heterocycles. The van der Waals surface area contributed by atoms with E-state index in [1.807, 2.05) is 0 Å². The van der Waals surface area contributed by atoms with Crippen molar-refractivity contribution in [2.75, 3.05) is 13.2 Å². The van der Waals surface area contributed by atoms with E-state index >= 15 is 0 Å². The van der Waals surface area contributed by atoms with Crippen molar-refractivity contribution in [1.29, 1.82) is 0 Å². The Balaban J connectivity index is 1.93. The summed E-state index contributed by atoms with van der Waals surface area (Å²) in [6.07, 6.45) is 15.9. The van der Waals surface area contributed by atoms with Gasteiger partial charge in [0.2, 0.25) is 0 Å². The van der Waals surface area contributed by atoms with Crippen LogP contribution in [0.15, 0.2) is 0 Å². The zero-order valence-corrected chi connectivity index (χ0v) is 22.7. The highest BCUT2D eigenvalue weighted by molar-refractivity contribution is 4.88. The Labute approximate surface area is 204 Å². The van der Waals surface area contributed by atoms with E-state index in [-0.39, 0.29) is 24.4 Å². The molecule has 2 saturated heterocycles. The normalized spacial score (nSPS) is 29.3. The smallest absolute Gasteiger partial charge is 0.194 e. The van der Waals surface area contributed by atoms with Crippen molar-refractivity contribution in [3.63, 3.8) is 0 Å². The summed E-state index contributed by atoms with van der Waals surface area (Å²) in [4.78, 5) is 0. The van der Waals surface area contributed by atoms with Gasteiger partial charge in [-0.25, -0.2) is 0 Å². The zero-order chi connectivity index (χ0) is 24.2. The van der Waals surface area contributed by atoms with Crippen LogP contribution in [0.4, 0.5) is 0 Å². The molecule has 0 bridgehead atoms. The van der Waals surface area contributed by atoms with E-state index in [0.29, 0.717) is 0 Å². The average Bonchev–Trinajstić information content (AvgIpc) is 3.45. The fraction of sp³-hybridized carbons (Fsp3) is 1.00. The van der Waals surface area contributed by atoms with Crippen molar-refractivity contribution in [1.82, 2.24) is 0 Å². The first kappa shape index (κ1) is 29.0. The summed E-state index contributed by atoms with van der Waals surface area (Å²) >= 11 is 0. The lowest BCUT2D eigenvalue weighted by molar-refractivity contribution is -0.329. The van der Waals surface area contributed by atoms with Crippen LogP contribution in [0.3, 0.4) is 0 Å². The fourth-order valence-electron chi connectivity index (χ4n) is 5.32. The number of unbranched alkanes of at least 4 members (excludes halogenated alkanes) is 6. The van der Waals surface area contributed by atoms with Crippen molar-refractivity contribution in [3.05, 3.63) is 0 Å². The number of rotatable bonds is 18. The summed E-state index contributed by atoms with van der Waals surface area (Å²) in [5.74, 6) is -1.33. The Morgan fingerprint density at radius 2 is 1.06 bits per heavy atom. The maximum atomic E-state index is 6.61. The van der Waals surface area contributed by atoms with Gasteiger partial charge in [-0.2, -0.15) is 0 Å². The second kappa shape index (κ2) is 15.0. The summed E-state index contributed by atoms with van der Waals surface area (Å²) in [5, 5.41) is 0. The minimum atomic E-state index is -0.663. The molecule has 2 rings (SSSR count). The maximum absolute atomic E-state index is 6.61. The van der Waals surface area contributed by atoms with E-state index in [4.69, 9.17) is 23.7 Å². The van der Waals surface area contributed by atoms with Gasteiger partial charge >= 0.3 is 0 Å². The molecule has 0 spiro atoms. The highest BCUT2D eigenvalue weighted by Gasteiger charge is 2.49. The largest absolute Gasteiger partial charge is 0.364 e. The van der Waals surface area contributed by atoms with Crippen LogP contribution in [0.5, 0.6) is 0 Å². The van der Waals surface area contributed by atoms with Crippen molar-refractivity contribution in [2.24, 2.45) is 0 Å². The molecule has 6 unspecified atom stereocenters. The zero-order valence-electron chi connectivity index (χ0n) is 22.7. The van der Waals surface area contributed by atoms with E-state index in [9.17, 15) is 0 Å². The first-order valence-electron chi connectivity index (χ1n) is 14.2. The van der Waals surface area contributed by atoms with E-state index in [1.165, 1.54) is 51.4 Å². The Kier molecular flexibility index (Phi) is 13.2. The van der Waals surface area contributed by atoms with Crippen molar-refractivity contribution >= 4 is 0 Å². The molecular formula is C28H54O5. The molecule has 0 aromatic rings. The van der Waals surface area contributed by atoms with Gasteiger partial charge in [0.05, 0.1) is 25.4 Å². The molecule has 2 aliphatic rings. The molecule has 0 aromatic carbocycles. The Bertz CT molecular complexity index is 455. The first-order valence-corrected chi connectivity index (χ1v) is 14.2. The third kappa shape index (κ3) is 9.07. The molecule has 0 radical (unpaired) electrons. The molecule has 0 N–H and O–H groups in total. The first-order chi connectivity index (χ1) is 15.9. The SMILES string of the molecule is CCCCCCC(C)OC1(C(C)OC(C)C2(OC(C)CCCCCC)CCCO2)CCCO1. The van der Waals surface area contributed by atoms with Gasteiger partial charge in [0.15, 0.2) is 11.6 Å². The molecule has 2 fully saturated rings. The molecular weight excluding hydrogens is 416 g/mol. The van der Waals surface area contributed by atoms with Crippen molar-refractivity contribution < 1.29 is 23.7 Å². The molecule has 2 heterocycles. The lowest BCUT2D eigenvalue weighted by atomic mass is 10.0. The predicted molar refractivity (Wildman–Crippen MR) is 134 cm³/mol. The number of hydrogen-bond acceptors (Lipinski definition) is 5. The quantitative estimate of drug-likeness (QED) is 0.194. The minimum absolute atomic E-state index is 0.164. The molecule has 0 amide bonds. The van der Waals surface area contributed by atoms with E-state index in [2.05, 4.69) is 41.5 Å². The Morgan fingerprint density at radius 1 is 0.636 bits per heavy atom. The number of ether oxygens (including phenoxy) is 5. The Hall–Kier alpha value is -0.200. The number of hydrogen-bond donors (Lipinski definition) is 0. The van der Waals surface area contributed by atoms with Crippen LogP contribution in [-0.2, 0) is 23.7 Å². The second-order valence-corrected chi connectivity index (χ2v) is 10.5. The summed E-state index contributed by atoms with van der Waals surface area (Å²) in [6.45, 7) is 14.5. The lowest BCUT2D eigenvalue weighted by Gasteiger charge is -2.42. The van der Waals surface area contributed by atoms with E-state index < -0.39 is 11.6 Å². The molecule has 0 aliphatic carbocycles. The summed E-state index contributed by atoms with van der Waals surface area (Å²) in [6, 6.07) is 0. The van der Waals surface area contributed by atoms with Crippen LogP contribution in [0.1, 0.15) is 131 Å². The van der Waals surface area contributed by atoms with Gasteiger partial charge in [0, 0.05) is 12.8 Å². The van der Waals surface area contributed by atoms with E-state index in [0.717, 1.165) is 51.7 Å². The predicted octanol–water partition coefficient (Wildman–Crippen LogP) is 7.54. The van der Waals surface area contributed by atoms with Gasteiger partial charge < -0.3 is 23.7 Å². The van der Waals surface area contributed by atoms with Gasteiger partial charge in [-0.15, -0.1) is 0 Å². The van der Waals surface area contributed by atoms with Crippen LogP contribution in [0, 0.1) is 0 Å². The Morgan fingerprint density at radius 3 is 1.39 bits per heavy atom. The highest BCUT2D eigenvalue weighted by Crippen LogP contribution is 2.39. The molecule has 0 saturated carbocycles. The topological polar surface area (TPSA) is 46.2 Å². The van der Waals surface area contributed by atoms with Crippen LogP contribution < -0.4 is 0 Å². The molecule has 6 atom stereocenters. The van der Waals surface area contributed by atoms with E-state index in [1.54, 1.807) is 0 Å². The van der Waals surface area contributed by atoms with Gasteiger partial charge in [-0.3, -0.25) is 0 Å². The maximum Gasteiger partial charge on any atom is 0.194 e. The molecule has 0 aromatic heterocycles. The van der Waals surface area contributed by atoms with Gasteiger partial charge in [0.25, 0.3) is 0 Å². The van der Waals surface area contributed by atoms with Crippen LogP contribution in [-0.4, -0.2) is 49.2 Å². The van der Waals surface area contributed by atoms with Crippen molar-refractivity contribution in [3.8, 4) is 0 Å². The minimum Gasteiger partial charge on any atom is -0.364 e. The molecule has 5 nitrogen and oxygen atoms in total. The summed E-state index contributed by atoms with van der Waals surface area (Å²) < 4.78 is 32.2. The van der Waals surface area contributed by atoms with Crippen LogP contribution in [0.2, 0.25) is 0 Å². The van der Waals surface area contributed by atoms with Gasteiger partial charge in [0.1, 0.15) is 12.2 Å². The van der Waals surface area contributed by atoms with Gasteiger partial charge in [-0.1, -0.05) is 65.2 Å². The molecule has 33 heavy (non-hydrogen) atoms. The highest BCUT2D eigenvalue weighted by atomic mass is 16.7. The van der Waals surface area contributed by atoms with Crippen LogP contribution >= 0.6 is 0 Å². The third-order valence-electron chi connectivity index (χ3n) is 7.41. The third-order valence-corrected chi connectivity index (χ3v) is 7.41. The molecule has 196 valence electrons. The van der Waals surface area contributed by atoms with Crippen molar-refractivity contribution in [2.45, 2.75) is 167 Å². The molecule has 5 heteroatoms. The summed E-state index contributed by atoms with van der Waals surface area (Å²) in [7, 11) is 0.